The van der Waals surface area contributed by atoms with E-state index in [4.69, 9.17) is 5.11 Å². The summed E-state index contributed by atoms with van der Waals surface area (Å²) < 4.78 is 0. The third-order valence-corrected chi connectivity index (χ3v) is 2.92. The van der Waals surface area contributed by atoms with Gasteiger partial charge in [0, 0.05) is 5.56 Å². The van der Waals surface area contributed by atoms with Crippen LogP contribution in [0.3, 0.4) is 0 Å². The zero-order chi connectivity index (χ0) is 17.9. The van der Waals surface area contributed by atoms with E-state index in [1.807, 2.05) is 0 Å². The maximum atomic E-state index is 10.7. The van der Waals surface area contributed by atoms with Crippen molar-refractivity contribution in [2.45, 2.75) is 0 Å². The van der Waals surface area contributed by atoms with Crippen molar-refractivity contribution in [3.05, 3.63) is 46.4 Å². The molecule has 0 saturated carbocycles. The summed E-state index contributed by atoms with van der Waals surface area (Å²) in [5.41, 5.74) is -1.60. The van der Waals surface area contributed by atoms with Crippen molar-refractivity contribution in [2.75, 3.05) is 0 Å². The van der Waals surface area contributed by atoms with Gasteiger partial charge in [-0.15, -0.1) is 4.91 Å². The van der Waals surface area contributed by atoms with Crippen molar-refractivity contribution in [3.8, 4) is 17.6 Å². The minimum absolute atomic E-state index is 0.131. The SMILES string of the molecule is N#C/C(=C(/O)c1cc(O)c(O)c(N=O)c1)c1cnc(C(=O)O)cn1. The van der Waals surface area contributed by atoms with Gasteiger partial charge in [-0.25, -0.2) is 9.78 Å². The van der Waals surface area contributed by atoms with Gasteiger partial charge >= 0.3 is 5.97 Å². The summed E-state index contributed by atoms with van der Waals surface area (Å²) in [4.78, 5) is 28.6. The number of aromatic carboxylic acids is 1. The summed E-state index contributed by atoms with van der Waals surface area (Å²) in [7, 11) is 0. The van der Waals surface area contributed by atoms with Gasteiger partial charge in [0.15, 0.2) is 22.9 Å². The van der Waals surface area contributed by atoms with Crippen LogP contribution in [-0.2, 0) is 0 Å². The number of hydrogen-bond donors (Lipinski definition) is 4. The lowest BCUT2D eigenvalue weighted by Gasteiger charge is -2.07. The normalized spacial score (nSPS) is 11.3. The average molecular weight is 328 g/mol. The standard InChI is InChI=1S/C14H8N4O6/c15-3-7(9-4-17-10(5-16-9)14(22)23)12(20)6-1-8(18-24)13(21)11(19)2-6/h1-2,4-5,19-21H,(H,22,23)/b12-7-. The highest BCUT2D eigenvalue weighted by atomic mass is 16.4. The third-order valence-electron chi connectivity index (χ3n) is 2.92. The number of carboxylic acid groups (broad SMARTS) is 1. The Labute approximate surface area is 133 Å². The van der Waals surface area contributed by atoms with Crippen LogP contribution >= 0.6 is 0 Å². The van der Waals surface area contributed by atoms with Crippen LogP contribution in [-0.4, -0.2) is 36.4 Å². The largest absolute Gasteiger partial charge is 0.506 e. The number of carboxylic acids is 1. The number of nitriles is 1. The van der Waals surface area contributed by atoms with Crippen molar-refractivity contribution < 1.29 is 25.2 Å². The van der Waals surface area contributed by atoms with Gasteiger partial charge in [0.05, 0.1) is 12.4 Å². The van der Waals surface area contributed by atoms with E-state index in [0.29, 0.717) is 0 Å². The highest BCUT2D eigenvalue weighted by Crippen LogP contribution is 2.38. The fraction of sp³-hybridized carbons (Fsp3) is 0. The fourth-order valence-electron chi connectivity index (χ4n) is 1.75. The molecule has 0 fully saturated rings. The summed E-state index contributed by atoms with van der Waals surface area (Å²) in [5, 5.41) is 49.6. The second-order valence-corrected chi connectivity index (χ2v) is 4.38. The average Bonchev–Trinajstić information content (AvgIpc) is 2.58. The molecule has 10 heteroatoms. The van der Waals surface area contributed by atoms with Gasteiger partial charge in [-0.3, -0.25) is 4.98 Å². The van der Waals surface area contributed by atoms with Crippen LogP contribution in [0.15, 0.2) is 29.7 Å². The minimum Gasteiger partial charge on any atom is -0.506 e. The van der Waals surface area contributed by atoms with Crippen LogP contribution in [0.4, 0.5) is 5.69 Å². The van der Waals surface area contributed by atoms with Crippen LogP contribution in [0.1, 0.15) is 21.7 Å². The molecule has 10 nitrogen and oxygen atoms in total. The lowest BCUT2D eigenvalue weighted by molar-refractivity contribution is 0.0690. The van der Waals surface area contributed by atoms with Crippen molar-refractivity contribution in [1.82, 2.24) is 9.97 Å². The highest BCUT2D eigenvalue weighted by Gasteiger charge is 2.17. The molecule has 4 N–H and O–H groups in total. The van der Waals surface area contributed by atoms with E-state index in [1.165, 1.54) is 0 Å². The number of hydrogen-bond acceptors (Lipinski definition) is 9. The van der Waals surface area contributed by atoms with Gasteiger partial charge in [0.1, 0.15) is 23.1 Å². The summed E-state index contributed by atoms with van der Waals surface area (Å²) in [6.07, 6.45) is 1.87. The molecular formula is C14H8N4O6. The first-order valence-electron chi connectivity index (χ1n) is 6.17. The van der Waals surface area contributed by atoms with Crippen LogP contribution in [0, 0.1) is 16.2 Å². The Kier molecular flexibility index (Phi) is 4.37. The van der Waals surface area contributed by atoms with Crippen LogP contribution in [0.2, 0.25) is 0 Å². The molecule has 0 radical (unpaired) electrons. The molecule has 0 spiro atoms. The Morgan fingerprint density at radius 3 is 2.25 bits per heavy atom. The first kappa shape index (κ1) is 16.4. The number of rotatable bonds is 4. The summed E-state index contributed by atoms with van der Waals surface area (Å²) in [5.74, 6) is -3.48. The van der Waals surface area contributed by atoms with Crippen molar-refractivity contribution in [3.63, 3.8) is 0 Å². The van der Waals surface area contributed by atoms with E-state index in [-0.39, 0.29) is 22.5 Å². The monoisotopic (exact) mass is 328 g/mol. The summed E-state index contributed by atoms with van der Waals surface area (Å²) >= 11 is 0. The number of aromatic hydroxyl groups is 2. The van der Waals surface area contributed by atoms with E-state index < -0.39 is 28.9 Å². The number of allylic oxidation sites excluding steroid dienone is 1. The maximum absolute atomic E-state index is 10.7. The van der Waals surface area contributed by atoms with Gasteiger partial charge in [0.25, 0.3) is 0 Å². The van der Waals surface area contributed by atoms with E-state index >= 15 is 0 Å². The molecule has 0 saturated heterocycles. The van der Waals surface area contributed by atoms with E-state index in [9.17, 15) is 30.3 Å². The number of benzene rings is 1. The molecule has 0 aliphatic carbocycles. The fourth-order valence-corrected chi connectivity index (χ4v) is 1.75. The molecule has 0 aliphatic rings. The zero-order valence-electron chi connectivity index (χ0n) is 11.7. The maximum Gasteiger partial charge on any atom is 0.356 e. The van der Waals surface area contributed by atoms with Gasteiger partial charge in [-0.05, 0) is 17.3 Å². The van der Waals surface area contributed by atoms with Gasteiger partial charge < -0.3 is 20.4 Å². The Balaban J connectivity index is 2.59. The molecule has 0 unspecified atom stereocenters. The molecular weight excluding hydrogens is 320 g/mol. The topological polar surface area (TPSA) is 177 Å². The van der Waals surface area contributed by atoms with Gasteiger partial charge in [0.2, 0.25) is 0 Å². The number of phenols is 2. The molecule has 0 bridgehead atoms. The summed E-state index contributed by atoms with van der Waals surface area (Å²) in [6, 6.07) is 3.53. The Morgan fingerprint density at radius 2 is 1.75 bits per heavy atom. The minimum atomic E-state index is -1.31. The first-order chi connectivity index (χ1) is 11.4. The van der Waals surface area contributed by atoms with Gasteiger partial charge in [-0.2, -0.15) is 5.26 Å². The Morgan fingerprint density at radius 1 is 1.12 bits per heavy atom. The molecule has 0 atom stereocenters. The smallest absolute Gasteiger partial charge is 0.356 e. The molecule has 0 amide bonds. The number of aliphatic hydroxyl groups excluding tert-OH is 1. The second-order valence-electron chi connectivity index (χ2n) is 4.38. The molecule has 24 heavy (non-hydrogen) atoms. The van der Waals surface area contributed by atoms with Crippen LogP contribution < -0.4 is 0 Å². The number of aromatic nitrogens is 2. The predicted octanol–water partition coefficient (Wildman–Crippen LogP) is 1.93. The quantitative estimate of drug-likeness (QED) is 0.282. The number of aliphatic hydroxyl groups is 1. The number of carbonyl (C=O) groups is 1. The van der Waals surface area contributed by atoms with Gasteiger partial charge in [-0.1, -0.05) is 0 Å². The Bertz CT molecular complexity index is 899. The summed E-state index contributed by atoms with van der Waals surface area (Å²) in [6.45, 7) is 0. The highest BCUT2D eigenvalue weighted by molar-refractivity contribution is 5.94. The first-order valence-corrected chi connectivity index (χ1v) is 6.17. The lowest BCUT2D eigenvalue weighted by atomic mass is 10.1. The molecule has 1 aromatic heterocycles. The number of nitrogens with zero attached hydrogens (tertiary/aromatic N) is 4. The van der Waals surface area contributed by atoms with Crippen molar-refractivity contribution in [2.24, 2.45) is 5.18 Å². The predicted molar refractivity (Wildman–Crippen MR) is 79.3 cm³/mol. The molecule has 1 aromatic carbocycles. The molecule has 120 valence electrons. The Hall–Kier alpha value is -4.00. The molecule has 0 aliphatic heterocycles. The molecule has 1 heterocycles. The van der Waals surface area contributed by atoms with E-state index in [2.05, 4.69) is 15.1 Å². The molecule has 2 rings (SSSR count). The van der Waals surface area contributed by atoms with Crippen molar-refractivity contribution >= 4 is 23.0 Å². The van der Waals surface area contributed by atoms with Crippen LogP contribution in [0.25, 0.3) is 11.3 Å². The van der Waals surface area contributed by atoms with E-state index in [0.717, 1.165) is 24.5 Å². The third kappa shape index (κ3) is 2.95. The molecule has 2 aromatic rings. The van der Waals surface area contributed by atoms with E-state index in [1.54, 1.807) is 6.07 Å². The zero-order valence-corrected chi connectivity index (χ0v) is 11.7. The van der Waals surface area contributed by atoms with Crippen LogP contribution in [0.5, 0.6) is 11.5 Å². The number of nitroso groups, excluding NO2 is 1. The lowest BCUT2D eigenvalue weighted by Crippen LogP contribution is -2.03. The van der Waals surface area contributed by atoms with Crippen molar-refractivity contribution in [1.29, 1.82) is 5.26 Å². The second kappa shape index (κ2) is 6.41. The number of phenolic OH excluding ortho intramolecular Hbond substituents is 2.